The third-order valence-corrected chi connectivity index (χ3v) is 7.93. The van der Waals surface area contributed by atoms with Gasteiger partial charge in [0, 0.05) is 5.56 Å². The lowest BCUT2D eigenvalue weighted by Crippen LogP contribution is -2.37. The summed E-state index contributed by atoms with van der Waals surface area (Å²) in [5.74, 6) is -2.70. The van der Waals surface area contributed by atoms with Gasteiger partial charge in [0.05, 0.1) is 17.4 Å². The van der Waals surface area contributed by atoms with Gasteiger partial charge in [0.1, 0.15) is 22.4 Å². The van der Waals surface area contributed by atoms with E-state index >= 15 is 0 Å². The molecule has 196 valence electrons. The van der Waals surface area contributed by atoms with Crippen LogP contribution in [-0.4, -0.2) is 26.3 Å². The van der Waals surface area contributed by atoms with Gasteiger partial charge in [-0.25, -0.2) is 14.4 Å². The third-order valence-electron chi connectivity index (χ3n) is 6.68. The summed E-state index contributed by atoms with van der Waals surface area (Å²) >= 11 is 0. The van der Waals surface area contributed by atoms with Crippen molar-refractivity contribution < 1.29 is 31.4 Å². The molecule has 2 saturated heterocycles. The molecule has 0 spiro atoms. The molecule has 0 bridgehead atoms. The van der Waals surface area contributed by atoms with Crippen molar-refractivity contribution in [3.8, 4) is 5.75 Å². The predicted octanol–water partition coefficient (Wildman–Crippen LogP) is 4.64. The van der Waals surface area contributed by atoms with Gasteiger partial charge in [0.2, 0.25) is 5.91 Å². The molecule has 0 N–H and O–H groups in total. The minimum absolute atomic E-state index is 0.00276. The first-order chi connectivity index (χ1) is 18.8. The monoisotopic (exact) mass is 544 g/mol. The standard InChI is InChI=1S/C29H21FN2O6S/c30-19-15-17-20(18-16-19)31-28(33)25-26(32(37-27(25)29(31)34)21-9-3-1-4-10-21)23-13-7-8-14-24(23)38-39(35,36)22-11-5-2-6-12-22/h1-18,25-27H/t25-,26-,27+/m0/s1. The Morgan fingerprint density at radius 2 is 1.33 bits per heavy atom. The van der Waals surface area contributed by atoms with E-state index in [0.29, 0.717) is 11.3 Å². The van der Waals surface area contributed by atoms with Crippen molar-refractivity contribution in [1.29, 1.82) is 0 Å². The summed E-state index contributed by atoms with van der Waals surface area (Å²) in [5.41, 5.74) is 1.12. The maximum atomic E-state index is 13.8. The van der Waals surface area contributed by atoms with Crippen LogP contribution >= 0.6 is 0 Å². The zero-order chi connectivity index (χ0) is 27.1. The lowest BCUT2D eigenvalue weighted by Gasteiger charge is -2.29. The highest BCUT2D eigenvalue weighted by atomic mass is 32.2. The van der Waals surface area contributed by atoms with Gasteiger partial charge in [-0.1, -0.05) is 54.6 Å². The Morgan fingerprint density at radius 3 is 2.03 bits per heavy atom. The maximum absolute atomic E-state index is 13.8. The quantitative estimate of drug-likeness (QED) is 0.258. The number of halogens is 1. The van der Waals surface area contributed by atoms with Crippen LogP contribution in [0.1, 0.15) is 11.6 Å². The zero-order valence-corrected chi connectivity index (χ0v) is 21.1. The molecule has 8 nitrogen and oxygen atoms in total. The molecule has 4 aromatic rings. The van der Waals surface area contributed by atoms with Crippen LogP contribution in [0.15, 0.2) is 114 Å². The van der Waals surface area contributed by atoms with Crippen LogP contribution in [0.25, 0.3) is 0 Å². The Labute approximate surface area is 223 Å². The van der Waals surface area contributed by atoms with Crippen LogP contribution < -0.4 is 14.1 Å². The summed E-state index contributed by atoms with van der Waals surface area (Å²) in [6, 6.07) is 27.1. The molecule has 2 heterocycles. The number of nitrogens with zero attached hydrogens (tertiary/aromatic N) is 2. The van der Waals surface area contributed by atoms with E-state index < -0.39 is 45.8 Å². The van der Waals surface area contributed by atoms with E-state index in [0.717, 1.165) is 17.0 Å². The number of benzene rings is 4. The second-order valence-corrected chi connectivity index (χ2v) is 10.6. The van der Waals surface area contributed by atoms with Crippen LogP contribution in [0, 0.1) is 11.7 Å². The van der Waals surface area contributed by atoms with Crippen LogP contribution in [0.5, 0.6) is 5.75 Å². The highest BCUT2D eigenvalue weighted by molar-refractivity contribution is 7.87. The van der Waals surface area contributed by atoms with Gasteiger partial charge in [-0.15, -0.1) is 0 Å². The molecule has 0 radical (unpaired) electrons. The third kappa shape index (κ3) is 4.33. The minimum Gasteiger partial charge on any atom is -0.379 e. The summed E-state index contributed by atoms with van der Waals surface area (Å²) in [7, 11) is -4.21. The fraction of sp³-hybridized carbons (Fsp3) is 0.103. The fourth-order valence-electron chi connectivity index (χ4n) is 4.93. The Bertz CT molecular complexity index is 1650. The number of rotatable bonds is 6. The average molecular weight is 545 g/mol. The number of hydrogen-bond acceptors (Lipinski definition) is 7. The van der Waals surface area contributed by atoms with Crippen molar-refractivity contribution in [1.82, 2.24) is 0 Å². The number of amides is 2. The minimum atomic E-state index is -4.21. The first kappa shape index (κ1) is 24.8. The van der Waals surface area contributed by atoms with Crippen LogP contribution in [0.2, 0.25) is 0 Å². The number of para-hydroxylation sites is 2. The molecular weight excluding hydrogens is 523 g/mol. The molecule has 2 fully saturated rings. The lowest BCUT2D eigenvalue weighted by molar-refractivity contribution is -0.126. The number of anilines is 2. The van der Waals surface area contributed by atoms with E-state index in [1.807, 2.05) is 6.07 Å². The number of carbonyl (C=O) groups excluding carboxylic acids is 2. The molecule has 0 unspecified atom stereocenters. The highest BCUT2D eigenvalue weighted by Gasteiger charge is 2.60. The summed E-state index contributed by atoms with van der Waals surface area (Å²) < 4.78 is 45.3. The Morgan fingerprint density at radius 1 is 0.718 bits per heavy atom. The second-order valence-electron chi connectivity index (χ2n) is 9.03. The van der Waals surface area contributed by atoms with E-state index in [2.05, 4.69) is 0 Å². The highest BCUT2D eigenvalue weighted by Crippen LogP contribution is 2.49. The summed E-state index contributed by atoms with van der Waals surface area (Å²) in [4.78, 5) is 34.3. The Kier molecular flexibility index (Phi) is 6.13. The molecule has 2 aliphatic rings. The van der Waals surface area contributed by atoms with E-state index in [1.165, 1.54) is 35.4 Å². The summed E-state index contributed by atoms with van der Waals surface area (Å²) in [6.07, 6.45) is -1.19. The van der Waals surface area contributed by atoms with Crippen molar-refractivity contribution >= 4 is 33.3 Å². The van der Waals surface area contributed by atoms with Crippen molar-refractivity contribution in [2.24, 2.45) is 5.92 Å². The Hall–Kier alpha value is -4.54. The second kappa shape index (κ2) is 9.64. The van der Waals surface area contributed by atoms with Gasteiger partial charge in [-0.2, -0.15) is 8.42 Å². The van der Waals surface area contributed by atoms with Gasteiger partial charge >= 0.3 is 10.1 Å². The molecule has 39 heavy (non-hydrogen) atoms. The molecule has 2 aliphatic heterocycles. The maximum Gasteiger partial charge on any atom is 0.339 e. The molecule has 0 aliphatic carbocycles. The van der Waals surface area contributed by atoms with Gasteiger partial charge in [-0.05, 0) is 54.6 Å². The molecule has 4 aromatic carbocycles. The molecular formula is C29H21FN2O6S. The molecule has 0 saturated carbocycles. The van der Waals surface area contributed by atoms with E-state index in [4.69, 9.17) is 9.02 Å². The van der Waals surface area contributed by atoms with Gasteiger partial charge in [-0.3, -0.25) is 14.4 Å². The normalized spacial score (nSPS) is 20.8. The van der Waals surface area contributed by atoms with Crippen molar-refractivity contribution in [3.63, 3.8) is 0 Å². The van der Waals surface area contributed by atoms with Crippen LogP contribution in [0.3, 0.4) is 0 Å². The first-order valence-electron chi connectivity index (χ1n) is 12.1. The number of imide groups is 1. The predicted molar refractivity (Wildman–Crippen MR) is 140 cm³/mol. The number of hydrogen-bond donors (Lipinski definition) is 0. The van der Waals surface area contributed by atoms with E-state index in [-0.39, 0.29) is 16.3 Å². The van der Waals surface area contributed by atoms with E-state index in [1.54, 1.807) is 60.7 Å². The van der Waals surface area contributed by atoms with Crippen molar-refractivity contribution in [3.05, 3.63) is 121 Å². The largest absolute Gasteiger partial charge is 0.379 e. The molecule has 10 heteroatoms. The van der Waals surface area contributed by atoms with Gasteiger partial charge < -0.3 is 4.18 Å². The molecule has 2 amide bonds. The first-order valence-corrected chi connectivity index (χ1v) is 13.5. The van der Waals surface area contributed by atoms with Crippen LogP contribution in [0.4, 0.5) is 15.8 Å². The molecule has 3 atom stereocenters. The Balaban J connectivity index is 1.44. The fourth-order valence-corrected chi connectivity index (χ4v) is 5.90. The van der Waals surface area contributed by atoms with Crippen LogP contribution in [-0.2, 0) is 24.5 Å². The smallest absolute Gasteiger partial charge is 0.339 e. The SMILES string of the molecule is O=C1[C@@H]2[C@@H](ON(c3ccccc3)[C@H]2c2ccccc2OS(=O)(=O)c2ccccc2)C(=O)N1c1ccc(F)cc1. The number of hydroxylamine groups is 1. The number of fused-ring (bicyclic) bond motifs is 1. The summed E-state index contributed by atoms with van der Waals surface area (Å²) in [6.45, 7) is 0. The average Bonchev–Trinajstić information content (AvgIpc) is 3.46. The molecule has 0 aromatic heterocycles. The topological polar surface area (TPSA) is 93.2 Å². The van der Waals surface area contributed by atoms with E-state index in [9.17, 15) is 22.4 Å². The molecule has 6 rings (SSSR count). The van der Waals surface area contributed by atoms with Crippen molar-refractivity contribution in [2.75, 3.05) is 9.96 Å². The van der Waals surface area contributed by atoms with Crippen molar-refractivity contribution in [2.45, 2.75) is 17.0 Å². The lowest BCUT2D eigenvalue weighted by atomic mass is 9.90. The number of carbonyl (C=O) groups is 2. The van der Waals surface area contributed by atoms with Gasteiger partial charge in [0.15, 0.2) is 6.10 Å². The van der Waals surface area contributed by atoms with Gasteiger partial charge in [0.25, 0.3) is 5.91 Å². The summed E-state index contributed by atoms with van der Waals surface area (Å²) in [5, 5.41) is 1.45. The zero-order valence-electron chi connectivity index (χ0n) is 20.3.